The third-order valence-corrected chi connectivity index (χ3v) is 4.83. The van der Waals surface area contributed by atoms with Gasteiger partial charge in [-0.15, -0.1) is 0 Å². The van der Waals surface area contributed by atoms with E-state index in [0.717, 1.165) is 11.1 Å². The maximum atomic E-state index is 12.9. The molecule has 1 atom stereocenters. The number of benzene rings is 2. The van der Waals surface area contributed by atoms with Gasteiger partial charge in [-0.3, -0.25) is 9.69 Å². The minimum Gasteiger partial charge on any atom is -0.319 e. The molecule has 3 rings (SSSR count). The lowest BCUT2D eigenvalue weighted by Crippen LogP contribution is -2.40. The van der Waals surface area contributed by atoms with E-state index in [1.165, 1.54) is 4.90 Å². The molecule has 0 bridgehead atoms. The minimum atomic E-state index is -1.08. The van der Waals surface area contributed by atoms with Crippen molar-refractivity contribution in [3.05, 3.63) is 69.2 Å². The molecule has 0 aromatic heterocycles. The summed E-state index contributed by atoms with van der Waals surface area (Å²) in [5.41, 5.74) is 1.42. The Kier molecular flexibility index (Phi) is 4.28. The third kappa shape index (κ3) is 2.87. The van der Waals surface area contributed by atoms with Crippen molar-refractivity contribution in [3.8, 4) is 0 Å². The van der Waals surface area contributed by atoms with E-state index >= 15 is 0 Å². The summed E-state index contributed by atoms with van der Waals surface area (Å²) in [6.45, 7) is 3.78. The first-order chi connectivity index (χ1) is 11.3. The molecule has 0 aliphatic carbocycles. The van der Waals surface area contributed by atoms with Gasteiger partial charge in [-0.1, -0.05) is 59.1 Å². The number of rotatable bonds is 3. The van der Waals surface area contributed by atoms with Gasteiger partial charge in [0.25, 0.3) is 5.91 Å². The van der Waals surface area contributed by atoms with E-state index in [0.29, 0.717) is 15.6 Å². The largest absolute Gasteiger partial charge is 0.325 e. The molecule has 124 valence electrons. The van der Waals surface area contributed by atoms with Crippen molar-refractivity contribution in [2.24, 2.45) is 0 Å². The number of hydrogen-bond donors (Lipinski definition) is 1. The van der Waals surface area contributed by atoms with Gasteiger partial charge in [-0.2, -0.15) is 0 Å². The third-order valence-electron chi connectivity index (χ3n) is 4.25. The molecule has 1 aliphatic rings. The number of urea groups is 1. The van der Waals surface area contributed by atoms with Crippen LogP contribution in [0, 0.1) is 6.92 Å². The van der Waals surface area contributed by atoms with E-state index in [-0.39, 0.29) is 12.5 Å². The normalized spacial score (nSPS) is 20.4. The van der Waals surface area contributed by atoms with Gasteiger partial charge in [0.15, 0.2) is 0 Å². The number of halogens is 2. The van der Waals surface area contributed by atoms with E-state index < -0.39 is 11.6 Å². The minimum absolute atomic E-state index is 0.0993. The number of nitrogens with zero attached hydrogens (tertiary/aromatic N) is 1. The van der Waals surface area contributed by atoms with E-state index in [9.17, 15) is 9.59 Å². The number of aryl methyl sites for hydroxylation is 1. The molecular formula is C18H16Cl2N2O2. The molecule has 1 aliphatic heterocycles. The van der Waals surface area contributed by atoms with Gasteiger partial charge in [-0.25, -0.2) is 4.79 Å². The summed E-state index contributed by atoms with van der Waals surface area (Å²) < 4.78 is 0. The second kappa shape index (κ2) is 6.11. The van der Waals surface area contributed by atoms with E-state index in [1.54, 1.807) is 25.1 Å². The van der Waals surface area contributed by atoms with Crippen molar-refractivity contribution in [1.82, 2.24) is 10.2 Å². The Morgan fingerprint density at radius 1 is 1.08 bits per heavy atom. The first-order valence-electron chi connectivity index (χ1n) is 7.46. The van der Waals surface area contributed by atoms with Crippen LogP contribution >= 0.6 is 23.2 Å². The predicted molar refractivity (Wildman–Crippen MR) is 94.1 cm³/mol. The van der Waals surface area contributed by atoms with Gasteiger partial charge < -0.3 is 5.32 Å². The fraction of sp³-hybridized carbons (Fsp3) is 0.222. The second-order valence-electron chi connectivity index (χ2n) is 6.05. The van der Waals surface area contributed by atoms with Crippen LogP contribution in [0.15, 0.2) is 42.5 Å². The van der Waals surface area contributed by atoms with Gasteiger partial charge in [0.2, 0.25) is 0 Å². The Bertz CT molecular complexity index is 820. The summed E-state index contributed by atoms with van der Waals surface area (Å²) in [6.07, 6.45) is 0. The Labute approximate surface area is 150 Å². The fourth-order valence-corrected chi connectivity index (χ4v) is 3.21. The van der Waals surface area contributed by atoms with Crippen molar-refractivity contribution < 1.29 is 9.59 Å². The standard InChI is InChI=1S/C18H16Cl2N2O2/c1-11-3-6-13(7-4-11)18(2)16(23)22(17(24)21-18)10-12-5-8-14(19)9-15(12)20/h3-9H,10H2,1-2H3,(H,21,24). The van der Waals surface area contributed by atoms with Gasteiger partial charge in [-0.05, 0) is 37.1 Å². The number of carbonyl (C=O) groups excluding carboxylic acids is 2. The molecule has 1 N–H and O–H groups in total. The Morgan fingerprint density at radius 2 is 1.75 bits per heavy atom. The van der Waals surface area contributed by atoms with Crippen LogP contribution in [-0.2, 0) is 16.9 Å². The van der Waals surface area contributed by atoms with E-state index in [1.807, 2.05) is 31.2 Å². The van der Waals surface area contributed by atoms with Gasteiger partial charge in [0, 0.05) is 10.0 Å². The van der Waals surface area contributed by atoms with Gasteiger partial charge in [0.05, 0.1) is 6.54 Å². The number of hydrogen-bond acceptors (Lipinski definition) is 2. The van der Waals surface area contributed by atoms with Crippen molar-refractivity contribution in [2.75, 3.05) is 0 Å². The molecule has 1 unspecified atom stereocenters. The van der Waals surface area contributed by atoms with Crippen molar-refractivity contribution >= 4 is 35.1 Å². The van der Waals surface area contributed by atoms with Gasteiger partial charge in [0.1, 0.15) is 5.54 Å². The average Bonchev–Trinajstić information content (AvgIpc) is 2.74. The van der Waals surface area contributed by atoms with E-state index in [2.05, 4.69) is 5.32 Å². The first-order valence-corrected chi connectivity index (χ1v) is 8.22. The second-order valence-corrected chi connectivity index (χ2v) is 6.89. The highest BCUT2D eigenvalue weighted by Crippen LogP contribution is 2.31. The first kappa shape index (κ1) is 16.8. The summed E-state index contributed by atoms with van der Waals surface area (Å²) in [4.78, 5) is 26.4. The molecule has 0 spiro atoms. The fourth-order valence-electron chi connectivity index (χ4n) is 2.74. The number of imide groups is 1. The summed E-state index contributed by atoms with van der Waals surface area (Å²) in [7, 11) is 0. The van der Waals surface area contributed by atoms with Crippen molar-refractivity contribution in [2.45, 2.75) is 25.9 Å². The summed E-state index contributed by atoms with van der Waals surface area (Å²) >= 11 is 12.0. The lowest BCUT2D eigenvalue weighted by Gasteiger charge is -2.22. The number of nitrogens with one attached hydrogen (secondary N) is 1. The average molecular weight is 363 g/mol. The highest BCUT2D eigenvalue weighted by molar-refractivity contribution is 6.35. The highest BCUT2D eigenvalue weighted by Gasteiger charge is 2.48. The lowest BCUT2D eigenvalue weighted by molar-refractivity contribution is -0.131. The zero-order valence-electron chi connectivity index (χ0n) is 13.3. The SMILES string of the molecule is Cc1ccc(C2(C)NC(=O)N(Cc3ccc(Cl)cc3Cl)C2=O)cc1. The van der Waals surface area contributed by atoms with Crippen LogP contribution in [0.25, 0.3) is 0 Å². The van der Waals surface area contributed by atoms with Crippen LogP contribution in [0.3, 0.4) is 0 Å². The molecule has 3 amide bonds. The Morgan fingerprint density at radius 3 is 2.38 bits per heavy atom. The van der Waals surface area contributed by atoms with Crippen LogP contribution < -0.4 is 5.32 Å². The molecule has 4 nitrogen and oxygen atoms in total. The van der Waals surface area contributed by atoms with Crippen LogP contribution in [0.1, 0.15) is 23.6 Å². The summed E-state index contributed by atoms with van der Waals surface area (Å²) in [5, 5.41) is 3.71. The van der Waals surface area contributed by atoms with Crippen molar-refractivity contribution in [1.29, 1.82) is 0 Å². The molecule has 2 aromatic rings. The summed E-state index contributed by atoms with van der Waals surface area (Å²) in [5.74, 6) is -0.303. The molecule has 1 saturated heterocycles. The maximum Gasteiger partial charge on any atom is 0.325 e. The lowest BCUT2D eigenvalue weighted by atomic mass is 9.91. The number of amides is 3. The van der Waals surface area contributed by atoms with E-state index in [4.69, 9.17) is 23.2 Å². The molecular weight excluding hydrogens is 347 g/mol. The molecule has 1 heterocycles. The molecule has 0 saturated carbocycles. The maximum absolute atomic E-state index is 12.9. The van der Waals surface area contributed by atoms with Crippen LogP contribution in [-0.4, -0.2) is 16.8 Å². The van der Waals surface area contributed by atoms with Crippen LogP contribution in [0.4, 0.5) is 4.79 Å². The smallest absolute Gasteiger partial charge is 0.319 e. The van der Waals surface area contributed by atoms with Crippen molar-refractivity contribution in [3.63, 3.8) is 0 Å². The van der Waals surface area contributed by atoms with Crippen LogP contribution in [0.2, 0.25) is 10.0 Å². The quantitative estimate of drug-likeness (QED) is 0.828. The predicted octanol–water partition coefficient (Wildman–Crippen LogP) is 4.27. The van der Waals surface area contributed by atoms with Crippen LogP contribution in [0.5, 0.6) is 0 Å². The molecule has 2 aromatic carbocycles. The Hall–Kier alpha value is -2.04. The highest BCUT2D eigenvalue weighted by atomic mass is 35.5. The summed E-state index contributed by atoms with van der Waals surface area (Å²) in [6, 6.07) is 12.1. The molecule has 0 radical (unpaired) electrons. The molecule has 24 heavy (non-hydrogen) atoms. The Balaban J connectivity index is 1.90. The zero-order chi connectivity index (χ0) is 17.5. The zero-order valence-corrected chi connectivity index (χ0v) is 14.8. The monoisotopic (exact) mass is 362 g/mol. The topological polar surface area (TPSA) is 49.4 Å². The number of carbonyl (C=O) groups is 2. The molecule has 6 heteroatoms. The van der Waals surface area contributed by atoms with Gasteiger partial charge >= 0.3 is 6.03 Å². The molecule has 1 fully saturated rings.